The summed E-state index contributed by atoms with van der Waals surface area (Å²) in [5.74, 6) is -1.11. The lowest BCUT2D eigenvalue weighted by Crippen LogP contribution is -2.28. The first kappa shape index (κ1) is 12.7. The van der Waals surface area contributed by atoms with E-state index in [4.69, 9.17) is 0 Å². The fourth-order valence-corrected chi connectivity index (χ4v) is 2.10. The molecule has 0 radical (unpaired) electrons. The molecule has 0 aliphatic heterocycles. The van der Waals surface area contributed by atoms with Crippen molar-refractivity contribution in [3.05, 3.63) is 0 Å². The van der Waals surface area contributed by atoms with Crippen molar-refractivity contribution in [2.75, 3.05) is 5.75 Å². The molecule has 0 aromatic heterocycles. The monoisotopic (exact) mass is 222 g/mol. The Balaban J connectivity index is 4.43. The fraction of sp³-hybridized carbons (Fsp3) is 1.00. The first-order valence-electron chi connectivity index (χ1n) is 3.40. The number of halogens is 4. The minimum Gasteiger partial charge on any atom is -0.195 e. The summed E-state index contributed by atoms with van der Waals surface area (Å²) < 4.78 is 67.7. The van der Waals surface area contributed by atoms with Gasteiger partial charge in [-0.2, -0.15) is 21.6 Å². The van der Waals surface area contributed by atoms with Gasteiger partial charge in [-0.05, 0) is 5.41 Å². The number of hydrogen-bond acceptors (Lipinski definition) is 2. The average molecular weight is 222 g/mol. The van der Waals surface area contributed by atoms with Gasteiger partial charge in [0.2, 0.25) is 0 Å². The van der Waals surface area contributed by atoms with Gasteiger partial charge in [-0.1, -0.05) is 13.8 Å². The van der Waals surface area contributed by atoms with E-state index in [0.29, 0.717) is 0 Å². The van der Waals surface area contributed by atoms with Gasteiger partial charge in [-0.15, -0.1) is 3.89 Å². The molecule has 0 bridgehead atoms. The molecule has 0 saturated heterocycles. The van der Waals surface area contributed by atoms with Crippen molar-refractivity contribution < 1.29 is 25.5 Å². The number of rotatable bonds is 3. The molecule has 0 spiro atoms. The van der Waals surface area contributed by atoms with Crippen LogP contribution in [-0.2, 0) is 10.2 Å². The van der Waals surface area contributed by atoms with Crippen molar-refractivity contribution in [2.45, 2.75) is 26.4 Å². The average Bonchev–Trinajstić information content (AvgIpc) is 1.43. The molecule has 0 saturated carbocycles. The van der Waals surface area contributed by atoms with Gasteiger partial charge in [0.1, 0.15) is 0 Å². The van der Waals surface area contributed by atoms with Crippen LogP contribution in [0.5, 0.6) is 0 Å². The topological polar surface area (TPSA) is 34.1 Å². The highest BCUT2D eigenvalue weighted by Crippen LogP contribution is 2.34. The van der Waals surface area contributed by atoms with Gasteiger partial charge < -0.3 is 0 Å². The maximum atomic E-state index is 12.1. The Kier molecular flexibility index (Phi) is 3.35. The Morgan fingerprint density at radius 1 is 1.15 bits per heavy atom. The van der Waals surface area contributed by atoms with E-state index in [1.807, 2.05) is 0 Å². The van der Waals surface area contributed by atoms with Crippen LogP contribution in [0.1, 0.15) is 20.3 Å². The van der Waals surface area contributed by atoms with Crippen LogP contribution in [0.3, 0.4) is 0 Å². The Bertz CT molecular complexity index is 265. The Morgan fingerprint density at radius 3 is 1.77 bits per heavy atom. The third-order valence-electron chi connectivity index (χ3n) is 1.24. The van der Waals surface area contributed by atoms with E-state index in [1.54, 1.807) is 0 Å². The molecule has 0 aromatic rings. The van der Waals surface area contributed by atoms with Crippen LogP contribution in [0, 0.1) is 5.41 Å². The maximum Gasteiger partial charge on any atom is 0.389 e. The molecule has 0 rings (SSSR count). The molecule has 0 aliphatic carbocycles. The molecular weight excluding hydrogens is 212 g/mol. The summed E-state index contributed by atoms with van der Waals surface area (Å²) >= 11 is 0. The Labute approximate surface area is 74.1 Å². The standard InChI is InChI=1S/C6H10F4O2S/c1-5(2,3-6(7,8)9)4-13(10,11)12/h3-4H2,1-2H3. The van der Waals surface area contributed by atoms with Crippen molar-refractivity contribution in [3.63, 3.8) is 0 Å². The predicted molar refractivity (Wildman–Crippen MR) is 39.3 cm³/mol. The molecule has 80 valence electrons. The summed E-state index contributed by atoms with van der Waals surface area (Å²) in [4.78, 5) is 0. The van der Waals surface area contributed by atoms with Crippen LogP contribution in [0.2, 0.25) is 0 Å². The number of alkyl halides is 3. The second-order valence-electron chi connectivity index (χ2n) is 3.64. The molecule has 0 atom stereocenters. The molecule has 0 aliphatic rings. The van der Waals surface area contributed by atoms with Crippen molar-refractivity contribution in [2.24, 2.45) is 5.41 Å². The smallest absolute Gasteiger partial charge is 0.195 e. The van der Waals surface area contributed by atoms with Crippen LogP contribution in [0.25, 0.3) is 0 Å². The van der Waals surface area contributed by atoms with E-state index in [0.717, 1.165) is 13.8 Å². The summed E-state index contributed by atoms with van der Waals surface area (Å²) in [6.45, 7) is 2.11. The maximum absolute atomic E-state index is 12.1. The third-order valence-corrected chi connectivity index (χ3v) is 2.37. The first-order valence-corrected chi connectivity index (χ1v) is 4.96. The second kappa shape index (κ2) is 3.43. The summed E-state index contributed by atoms with van der Waals surface area (Å²) in [5, 5.41) is 0. The minimum atomic E-state index is -4.85. The third kappa shape index (κ3) is 8.01. The lowest BCUT2D eigenvalue weighted by atomic mass is 9.92. The second-order valence-corrected chi connectivity index (χ2v) is 5.01. The quantitative estimate of drug-likeness (QED) is 0.542. The van der Waals surface area contributed by atoms with Gasteiger partial charge in [0, 0.05) is 6.42 Å². The highest BCUT2D eigenvalue weighted by atomic mass is 32.3. The van der Waals surface area contributed by atoms with Crippen LogP contribution >= 0.6 is 0 Å². The zero-order valence-corrected chi connectivity index (χ0v) is 7.97. The summed E-state index contributed by atoms with van der Waals surface area (Å²) in [6.07, 6.45) is -5.79. The minimum absolute atomic E-state index is 1.05. The van der Waals surface area contributed by atoms with Gasteiger partial charge in [0.25, 0.3) is 0 Å². The number of hydrogen-bond donors (Lipinski definition) is 0. The molecular formula is C6H10F4O2S. The Morgan fingerprint density at radius 2 is 1.54 bits per heavy atom. The van der Waals surface area contributed by atoms with Crippen LogP contribution < -0.4 is 0 Å². The van der Waals surface area contributed by atoms with Crippen LogP contribution in [-0.4, -0.2) is 20.3 Å². The molecule has 7 heteroatoms. The predicted octanol–water partition coefficient (Wildman–Crippen LogP) is 2.26. The summed E-state index contributed by atoms with van der Waals surface area (Å²) in [5.41, 5.74) is -1.62. The molecule has 0 fully saturated rings. The van der Waals surface area contributed by atoms with E-state index in [-0.39, 0.29) is 0 Å². The molecule has 0 N–H and O–H groups in total. The summed E-state index contributed by atoms with van der Waals surface area (Å²) in [6, 6.07) is 0. The highest BCUT2D eigenvalue weighted by molar-refractivity contribution is 7.86. The molecule has 0 aromatic carbocycles. The Hall–Kier alpha value is -0.330. The van der Waals surface area contributed by atoms with Gasteiger partial charge in [0.15, 0.2) is 0 Å². The van der Waals surface area contributed by atoms with Gasteiger partial charge in [-0.25, -0.2) is 0 Å². The molecule has 2 nitrogen and oxygen atoms in total. The molecule has 0 amide bonds. The van der Waals surface area contributed by atoms with Crippen LogP contribution in [0.4, 0.5) is 17.1 Å². The van der Waals surface area contributed by atoms with Crippen molar-refractivity contribution in [1.29, 1.82) is 0 Å². The lowest BCUT2D eigenvalue weighted by Gasteiger charge is -2.23. The molecule has 13 heavy (non-hydrogen) atoms. The lowest BCUT2D eigenvalue weighted by molar-refractivity contribution is -0.151. The highest BCUT2D eigenvalue weighted by Gasteiger charge is 2.39. The molecule has 0 heterocycles. The van der Waals surface area contributed by atoms with Gasteiger partial charge in [-0.3, -0.25) is 0 Å². The fourth-order valence-electron chi connectivity index (χ4n) is 1.06. The van der Waals surface area contributed by atoms with E-state index < -0.39 is 34.0 Å². The van der Waals surface area contributed by atoms with E-state index in [1.165, 1.54) is 0 Å². The van der Waals surface area contributed by atoms with Crippen molar-refractivity contribution >= 4 is 10.2 Å². The largest absolute Gasteiger partial charge is 0.389 e. The normalized spacial score (nSPS) is 14.6. The SMILES string of the molecule is CC(C)(CC(F)(F)F)CS(=O)(=O)F. The van der Waals surface area contributed by atoms with E-state index in [9.17, 15) is 25.5 Å². The van der Waals surface area contributed by atoms with Gasteiger partial charge in [0.05, 0.1) is 5.75 Å². The zero-order valence-electron chi connectivity index (χ0n) is 7.15. The van der Waals surface area contributed by atoms with Gasteiger partial charge >= 0.3 is 16.4 Å². The first-order chi connectivity index (χ1) is 5.41. The van der Waals surface area contributed by atoms with E-state index in [2.05, 4.69) is 0 Å². The van der Waals surface area contributed by atoms with Crippen molar-refractivity contribution in [3.8, 4) is 0 Å². The van der Waals surface area contributed by atoms with E-state index >= 15 is 0 Å². The van der Waals surface area contributed by atoms with Crippen molar-refractivity contribution in [1.82, 2.24) is 0 Å². The summed E-state index contributed by atoms with van der Waals surface area (Å²) in [7, 11) is -4.85. The molecule has 0 unspecified atom stereocenters. The van der Waals surface area contributed by atoms with Crippen LogP contribution in [0.15, 0.2) is 0 Å². The zero-order chi connectivity index (χ0) is 10.9.